The monoisotopic (exact) mass is 256 g/mol. The summed E-state index contributed by atoms with van der Waals surface area (Å²) in [5.74, 6) is 0.366. The number of aryl methyl sites for hydroxylation is 2. The molecule has 2 aromatic rings. The zero-order valence-electron chi connectivity index (χ0n) is 11.2. The lowest BCUT2D eigenvalue weighted by molar-refractivity contribution is 0.102. The van der Waals surface area contributed by atoms with Gasteiger partial charge in [0.1, 0.15) is 5.82 Å². The summed E-state index contributed by atoms with van der Waals surface area (Å²) >= 11 is 0. The number of hydrogen-bond acceptors (Lipinski definition) is 4. The molecule has 0 unspecified atom stereocenters. The molecule has 0 saturated carbocycles. The molecule has 0 bridgehead atoms. The van der Waals surface area contributed by atoms with Crippen molar-refractivity contribution >= 4 is 17.4 Å². The Hall–Kier alpha value is -2.43. The van der Waals surface area contributed by atoms with E-state index in [1.54, 1.807) is 19.2 Å². The number of carbonyl (C=O) groups is 1. The van der Waals surface area contributed by atoms with E-state index in [1.165, 1.54) is 0 Å². The van der Waals surface area contributed by atoms with Gasteiger partial charge in [0.25, 0.3) is 5.91 Å². The van der Waals surface area contributed by atoms with Crippen molar-refractivity contribution in [2.45, 2.75) is 13.8 Å². The number of hydrogen-bond donors (Lipinski definition) is 2. The van der Waals surface area contributed by atoms with E-state index in [-0.39, 0.29) is 5.91 Å². The summed E-state index contributed by atoms with van der Waals surface area (Å²) in [6, 6.07) is 9.21. The Morgan fingerprint density at radius 3 is 2.47 bits per heavy atom. The average Bonchev–Trinajstić information content (AvgIpc) is 2.42. The van der Waals surface area contributed by atoms with Crippen LogP contribution in [-0.4, -0.2) is 23.2 Å². The van der Waals surface area contributed by atoms with Crippen molar-refractivity contribution in [1.29, 1.82) is 0 Å². The van der Waals surface area contributed by atoms with Crippen LogP contribution in [0.4, 0.5) is 11.5 Å². The molecule has 5 nitrogen and oxygen atoms in total. The predicted molar refractivity (Wildman–Crippen MR) is 75.4 cm³/mol. The number of amides is 1. The maximum Gasteiger partial charge on any atom is 0.276 e. The summed E-state index contributed by atoms with van der Waals surface area (Å²) in [6.07, 6.45) is 0. The Morgan fingerprint density at radius 2 is 1.89 bits per heavy atom. The van der Waals surface area contributed by atoms with Gasteiger partial charge >= 0.3 is 0 Å². The SMILES string of the molecule is CNc1ccc(C(=O)Nc2ccc(C)cc2C)nn1. The molecule has 0 saturated heterocycles. The summed E-state index contributed by atoms with van der Waals surface area (Å²) in [7, 11) is 1.75. The summed E-state index contributed by atoms with van der Waals surface area (Å²) < 4.78 is 0. The van der Waals surface area contributed by atoms with Gasteiger partial charge in [-0.05, 0) is 37.6 Å². The lowest BCUT2D eigenvalue weighted by Crippen LogP contribution is -2.15. The van der Waals surface area contributed by atoms with Crippen molar-refractivity contribution in [2.24, 2.45) is 0 Å². The van der Waals surface area contributed by atoms with E-state index < -0.39 is 0 Å². The van der Waals surface area contributed by atoms with E-state index in [1.807, 2.05) is 32.0 Å². The van der Waals surface area contributed by atoms with Crippen molar-refractivity contribution in [1.82, 2.24) is 10.2 Å². The van der Waals surface area contributed by atoms with E-state index in [0.29, 0.717) is 11.5 Å². The molecule has 0 radical (unpaired) electrons. The summed E-state index contributed by atoms with van der Waals surface area (Å²) in [5.41, 5.74) is 3.26. The number of benzene rings is 1. The second-order valence-corrected chi connectivity index (χ2v) is 4.33. The first-order valence-electron chi connectivity index (χ1n) is 6.00. The number of rotatable bonds is 3. The molecule has 98 valence electrons. The molecule has 0 atom stereocenters. The van der Waals surface area contributed by atoms with Gasteiger partial charge in [0.15, 0.2) is 5.69 Å². The molecule has 1 heterocycles. The van der Waals surface area contributed by atoms with Crippen LogP contribution < -0.4 is 10.6 Å². The third-order valence-corrected chi connectivity index (χ3v) is 2.78. The molecule has 1 amide bonds. The Labute approximate surface area is 112 Å². The van der Waals surface area contributed by atoms with Crippen molar-refractivity contribution in [2.75, 3.05) is 17.7 Å². The van der Waals surface area contributed by atoms with E-state index in [2.05, 4.69) is 20.8 Å². The molecule has 19 heavy (non-hydrogen) atoms. The molecule has 1 aromatic heterocycles. The highest BCUT2D eigenvalue weighted by molar-refractivity contribution is 6.03. The number of nitrogens with one attached hydrogen (secondary N) is 2. The fraction of sp³-hybridized carbons (Fsp3) is 0.214. The Bertz CT molecular complexity index is 593. The van der Waals surface area contributed by atoms with Crippen LogP contribution in [-0.2, 0) is 0 Å². The maximum absolute atomic E-state index is 12.0. The van der Waals surface area contributed by atoms with Gasteiger partial charge in [-0.2, -0.15) is 0 Å². The van der Waals surface area contributed by atoms with Crippen molar-refractivity contribution in [3.63, 3.8) is 0 Å². The summed E-state index contributed by atoms with van der Waals surface area (Å²) in [5, 5.41) is 13.4. The molecular weight excluding hydrogens is 240 g/mol. The molecule has 2 rings (SSSR count). The van der Waals surface area contributed by atoms with Crippen LogP contribution in [0.3, 0.4) is 0 Å². The van der Waals surface area contributed by atoms with Crippen molar-refractivity contribution in [3.05, 3.63) is 47.2 Å². The second kappa shape index (κ2) is 5.48. The quantitative estimate of drug-likeness (QED) is 0.884. The first-order chi connectivity index (χ1) is 9.10. The lowest BCUT2D eigenvalue weighted by atomic mass is 10.1. The third kappa shape index (κ3) is 3.07. The minimum atomic E-state index is -0.262. The van der Waals surface area contributed by atoms with Crippen LogP contribution in [0.5, 0.6) is 0 Å². The highest BCUT2D eigenvalue weighted by Crippen LogP contribution is 2.16. The molecule has 0 aliphatic carbocycles. The Balaban J connectivity index is 2.15. The first kappa shape index (κ1) is 13.0. The van der Waals surface area contributed by atoms with Gasteiger partial charge in [-0.25, -0.2) is 0 Å². The van der Waals surface area contributed by atoms with Gasteiger partial charge < -0.3 is 10.6 Å². The van der Waals surface area contributed by atoms with Gasteiger partial charge in [0, 0.05) is 12.7 Å². The number of anilines is 2. The maximum atomic E-state index is 12.0. The Morgan fingerprint density at radius 1 is 1.11 bits per heavy atom. The lowest BCUT2D eigenvalue weighted by Gasteiger charge is -2.08. The van der Waals surface area contributed by atoms with E-state index in [4.69, 9.17) is 0 Å². The molecule has 5 heteroatoms. The molecule has 0 aliphatic rings. The van der Waals surface area contributed by atoms with Crippen LogP contribution in [0, 0.1) is 13.8 Å². The van der Waals surface area contributed by atoms with E-state index >= 15 is 0 Å². The smallest absolute Gasteiger partial charge is 0.276 e. The molecule has 0 spiro atoms. The Kier molecular flexibility index (Phi) is 3.75. The van der Waals surface area contributed by atoms with Gasteiger partial charge in [-0.3, -0.25) is 4.79 Å². The van der Waals surface area contributed by atoms with Crippen LogP contribution in [0.2, 0.25) is 0 Å². The zero-order chi connectivity index (χ0) is 13.8. The summed E-state index contributed by atoms with van der Waals surface area (Å²) in [4.78, 5) is 12.0. The van der Waals surface area contributed by atoms with Crippen LogP contribution in [0.25, 0.3) is 0 Å². The number of carbonyl (C=O) groups excluding carboxylic acids is 1. The highest BCUT2D eigenvalue weighted by Gasteiger charge is 2.09. The predicted octanol–water partition coefficient (Wildman–Crippen LogP) is 2.39. The zero-order valence-corrected chi connectivity index (χ0v) is 11.2. The normalized spacial score (nSPS) is 10.1. The van der Waals surface area contributed by atoms with Crippen molar-refractivity contribution in [3.8, 4) is 0 Å². The summed E-state index contributed by atoms with van der Waals surface area (Å²) in [6.45, 7) is 3.97. The van der Waals surface area contributed by atoms with Crippen molar-refractivity contribution < 1.29 is 4.79 Å². The molecule has 0 aliphatic heterocycles. The highest BCUT2D eigenvalue weighted by atomic mass is 16.1. The van der Waals surface area contributed by atoms with Crippen LogP contribution in [0.1, 0.15) is 21.6 Å². The third-order valence-electron chi connectivity index (χ3n) is 2.78. The average molecular weight is 256 g/mol. The van der Waals surface area contributed by atoms with Gasteiger partial charge in [-0.1, -0.05) is 17.7 Å². The standard InChI is InChI=1S/C14H16N4O/c1-9-4-5-11(10(2)8-9)16-14(19)12-6-7-13(15-3)18-17-12/h4-8H,1-3H3,(H,15,18)(H,16,19). The molecule has 2 N–H and O–H groups in total. The van der Waals surface area contributed by atoms with Gasteiger partial charge in [0.05, 0.1) is 0 Å². The largest absolute Gasteiger partial charge is 0.372 e. The minimum absolute atomic E-state index is 0.262. The molecule has 0 fully saturated rings. The number of nitrogens with zero attached hydrogens (tertiary/aromatic N) is 2. The minimum Gasteiger partial charge on any atom is -0.372 e. The molecular formula is C14H16N4O. The molecule has 1 aromatic carbocycles. The van der Waals surface area contributed by atoms with Crippen LogP contribution in [0.15, 0.2) is 30.3 Å². The second-order valence-electron chi connectivity index (χ2n) is 4.33. The van der Waals surface area contributed by atoms with Crippen LogP contribution >= 0.6 is 0 Å². The van der Waals surface area contributed by atoms with Gasteiger partial charge in [-0.15, -0.1) is 10.2 Å². The first-order valence-corrected chi connectivity index (χ1v) is 6.00. The van der Waals surface area contributed by atoms with Gasteiger partial charge in [0.2, 0.25) is 0 Å². The fourth-order valence-corrected chi connectivity index (χ4v) is 1.73. The number of aromatic nitrogens is 2. The van der Waals surface area contributed by atoms with E-state index in [0.717, 1.165) is 16.8 Å². The fourth-order valence-electron chi connectivity index (χ4n) is 1.73. The van der Waals surface area contributed by atoms with E-state index in [9.17, 15) is 4.79 Å². The topological polar surface area (TPSA) is 66.9 Å².